The van der Waals surface area contributed by atoms with Crippen LogP contribution >= 0.6 is 12.4 Å². The molecule has 11 heteroatoms. The molecule has 142 valence electrons. The molecule has 1 aromatic rings. The largest absolute Gasteiger partial charge is 0.462 e. The highest BCUT2D eigenvalue weighted by molar-refractivity contribution is 7.89. The Labute approximate surface area is 153 Å². The van der Waals surface area contributed by atoms with Gasteiger partial charge in [0.1, 0.15) is 5.56 Å². The van der Waals surface area contributed by atoms with Crippen LogP contribution in [0.1, 0.15) is 23.7 Å². The molecule has 25 heavy (non-hydrogen) atoms. The van der Waals surface area contributed by atoms with Gasteiger partial charge in [-0.25, -0.2) is 13.2 Å². The van der Waals surface area contributed by atoms with Crippen LogP contribution in [0.25, 0.3) is 0 Å². The number of carbonyl (C=O) groups excluding carboxylic acids is 1. The van der Waals surface area contributed by atoms with Crippen molar-refractivity contribution in [3.8, 4) is 0 Å². The predicted molar refractivity (Wildman–Crippen MR) is 93.4 cm³/mol. The Morgan fingerprint density at radius 3 is 2.76 bits per heavy atom. The number of hydrogen-bond acceptors (Lipinski definition) is 7. The molecule has 0 aromatic carbocycles. The molecule has 0 amide bonds. The maximum absolute atomic E-state index is 12.9. The van der Waals surface area contributed by atoms with E-state index in [9.17, 15) is 13.2 Å². The van der Waals surface area contributed by atoms with Crippen molar-refractivity contribution in [2.24, 2.45) is 0 Å². The number of carbonyl (C=O) groups is 1. The van der Waals surface area contributed by atoms with Gasteiger partial charge in [-0.05, 0) is 13.3 Å². The second-order valence-corrected chi connectivity index (χ2v) is 7.80. The minimum atomic E-state index is -3.79. The summed E-state index contributed by atoms with van der Waals surface area (Å²) >= 11 is 0. The molecule has 0 bridgehead atoms. The summed E-state index contributed by atoms with van der Waals surface area (Å²) < 4.78 is 32.1. The average Bonchev–Trinajstić information content (AvgIpc) is 3.26. The number of piperazine rings is 1. The molecule has 9 nitrogen and oxygen atoms in total. The highest BCUT2D eigenvalue weighted by Crippen LogP contribution is 2.25. The van der Waals surface area contributed by atoms with Crippen molar-refractivity contribution in [1.82, 2.24) is 24.7 Å². The van der Waals surface area contributed by atoms with Crippen molar-refractivity contribution >= 4 is 28.4 Å². The van der Waals surface area contributed by atoms with E-state index in [1.165, 1.54) is 10.5 Å². The van der Waals surface area contributed by atoms with E-state index in [-0.39, 0.29) is 35.6 Å². The van der Waals surface area contributed by atoms with Gasteiger partial charge >= 0.3 is 5.97 Å². The molecule has 1 aromatic heterocycles. The summed E-state index contributed by atoms with van der Waals surface area (Å²) in [6.07, 6.45) is 2.00. The fourth-order valence-corrected chi connectivity index (χ4v) is 4.78. The number of rotatable bonds is 5. The number of H-pyrrole nitrogens is 1. The van der Waals surface area contributed by atoms with Gasteiger partial charge in [-0.3, -0.25) is 10.00 Å². The summed E-state index contributed by atoms with van der Waals surface area (Å²) in [5.74, 6) is -0.678. The Morgan fingerprint density at radius 2 is 2.08 bits per heavy atom. The van der Waals surface area contributed by atoms with Crippen molar-refractivity contribution in [3.05, 3.63) is 11.8 Å². The van der Waals surface area contributed by atoms with Gasteiger partial charge in [0.05, 0.1) is 12.8 Å². The smallest absolute Gasteiger partial charge is 0.342 e. The number of nitrogens with one attached hydrogen (secondary N) is 2. The summed E-state index contributed by atoms with van der Waals surface area (Å²) in [4.78, 5) is 14.2. The number of aromatic amines is 1. The first-order valence-electron chi connectivity index (χ1n) is 8.19. The lowest BCUT2D eigenvalue weighted by Crippen LogP contribution is -2.49. The average molecular weight is 394 g/mol. The van der Waals surface area contributed by atoms with Crippen molar-refractivity contribution in [3.63, 3.8) is 0 Å². The molecule has 1 atom stereocenters. The van der Waals surface area contributed by atoms with Crippen molar-refractivity contribution < 1.29 is 17.9 Å². The van der Waals surface area contributed by atoms with E-state index in [4.69, 9.17) is 4.74 Å². The number of nitrogens with zero attached hydrogens (tertiary/aromatic N) is 3. The fourth-order valence-electron chi connectivity index (χ4n) is 3.23. The molecule has 3 rings (SSSR count). The minimum Gasteiger partial charge on any atom is -0.462 e. The molecule has 2 aliphatic heterocycles. The summed E-state index contributed by atoms with van der Waals surface area (Å²) in [6, 6.07) is 0.218. The van der Waals surface area contributed by atoms with Crippen molar-refractivity contribution in [1.29, 1.82) is 0 Å². The van der Waals surface area contributed by atoms with Gasteiger partial charge in [-0.15, -0.1) is 12.4 Å². The standard InChI is InChI=1S/C14H23N5O4S.ClH/c1-2-23-14(20)12-9-16-17-13(12)24(21,22)19-6-3-11(10-19)18-7-4-15-5-8-18;/h9,11,15H,2-8,10H2,1H3,(H,16,17);1H. The van der Waals surface area contributed by atoms with E-state index in [1.807, 2.05) is 0 Å². The molecule has 1 unspecified atom stereocenters. The second kappa shape index (κ2) is 8.45. The normalized spacial score (nSPS) is 22.5. The first-order valence-corrected chi connectivity index (χ1v) is 9.63. The SMILES string of the molecule is CCOC(=O)c1cn[nH]c1S(=O)(=O)N1CCC(N2CCNCC2)C1.Cl. The fraction of sp³-hybridized carbons (Fsp3) is 0.714. The van der Waals surface area contributed by atoms with Crippen LogP contribution in [0, 0.1) is 0 Å². The Hall–Kier alpha value is -1.20. The molecule has 0 radical (unpaired) electrons. The van der Waals surface area contributed by atoms with Crippen LogP contribution in [0.3, 0.4) is 0 Å². The highest BCUT2D eigenvalue weighted by atomic mass is 35.5. The third-order valence-electron chi connectivity index (χ3n) is 4.49. The second-order valence-electron chi connectivity index (χ2n) is 5.92. The van der Waals surface area contributed by atoms with Crippen molar-refractivity contribution in [2.75, 3.05) is 45.9 Å². The topological polar surface area (TPSA) is 108 Å². The summed E-state index contributed by atoms with van der Waals surface area (Å²) in [7, 11) is -3.79. The summed E-state index contributed by atoms with van der Waals surface area (Å²) in [5, 5.41) is 9.29. The van der Waals surface area contributed by atoms with E-state index in [0.717, 1.165) is 32.6 Å². The van der Waals surface area contributed by atoms with Gasteiger partial charge in [0.25, 0.3) is 10.0 Å². The number of esters is 1. The molecule has 0 aliphatic carbocycles. The van der Waals surface area contributed by atoms with Crippen LogP contribution in [0.15, 0.2) is 11.2 Å². The maximum Gasteiger partial charge on any atom is 0.342 e. The first kappa shape index (κ1) is 20.1. The third kappa shape index (κ3) is 4.14. The molecule has 2 saturated heterocycles. The Balaban J connectivity index is 0.00000225. The van der Waals surface area contributed by atoms with E-state index < -0.39 is 16.0 Å². The predicted octanol–water partition coefficient (Wildman–Crippen LogP) is -0.324. The van der Waals surface area contributed by atoms with E-state index in [1.54, 1.807) is 6.92 Å². The lowest BCUT2D eigenvalue weighted by Gasteiger charge is -2.32. The molecule has 2 aliphatic rings. The third-order valence-corrected chi connectivity index (χ3v) is 6.33. The molecule has 2 N–H and O–H groups in total. The lowest BCUT2D eigenvalue weighted by atomic mass is 10.2. The Kier molecular flexibility index (Phi) is 6.80. The van der Waals surface area contributed by atoms with Gasteiger partial charge in [0.15, 0.2) is 5.03 Å². The Bertz CT molecular complexity index is 689. The maximum atomic E-state index is 12.9. The molecule has 3 heterocycles. The zero-order chi connectivity index (χ0) is 17.2. The van der Waals surface area contributed by atoms with Gasteiger partial charge in [-0.2, -0.15) is 9.40 Å². The van der Waals surface area contributed by atoms with Crippen LogP contribution in [-0.4, -0.2) is 85.7 Å². The van der Waals surface area contributed by atoms with Gasteiger partial charge in [0, 0.05) is 45.3 Å². The van der Waals surface area contributed by atoms with Crippen LogP contribution in [0.5, 0.6) is 0 Å². The van der Waals surface area contributed by atoms with Gasteiger partial charge in [0.2, 0.25) is 0 Å². The number of sulfonamides is 1. The van der Waals surface area contributed by atoms with E-state index in [0.29, 0.717) is 13.1 Å². The quantitative estimate of drug-likeness (QED) is 0.660. The van der Waals surface area contributed by atoms with E-state index >= 15 is 0 Å². The highest BCUT2D eigenvalue weighted by Gasteiger charge is 2.38. The van der Waals surface area contributed by atoms with Crippen molar-refractivity contribution in [2.45, 2.75) is 24.4 Å². The summed E-state index contributed by atoms with van der Waals surface area (Å²) in [5.41, 5.74) is -0.0394. The number of hydrogen-bond donors (Lipinski definition) is 2. The number of ether oxygens (including phenoxy) is 1. The molecule has 0 saturated carbocycles. The molecule has 0 spiro atoms. The molecular formula is C14H24ClN5O4S. The van der Waals surface area contributed by atoms with Gasteiger partial charge < -0.3 is 10.1 Å². The zero-order valence-electron chi connectivity index (χ0n) is 14.1. The van der Waals surface area contributed by atoms with Crippen LogP contribution in [-0.2, 0) is 14.8 Å². The van der Waals surface area contributed by atoms with Crippen LogP contribution in [0.2, 0.25) is 0 Å². The molecular weight excluding hydrogens is 370 g/mol. The molecule has 2 fully saturated rings. The van der Waals surface area contributed by atoms with Crippen LogP contribution in [0.4, 0.5) is 0 Å². The number of aromatic nitrogens is 2. The lowest BCUT2D eigenvalue weighted by molar-refractivity contribution is 0.0521. The first-order chi connectivity index (χ1) is 11.5. The van der Waals surface area contributed by atoms with Crippen LogP contribution < -0.4 is 5.32 Å². The van der Waals surface area contributed by atoms with Gasteiger partial charge in [-0.1, -0.05) is 0 Å². The zero-order valence-corrected chi connectivity index (χ0v) is 15.7. The summed E-state index contributed by atoms with van der Waals surface area (Å²) in [6.45, 7) is 6.44. The monoisotopic (exact) mass is 393 g/mol. The minimum absolute atomic E-state index is 0. The van der Waals surface area contributed by atoms with E-state index in [2.05, 4.69) is 20.4 Å². The Morgan fingerprint density at radius 1 is 1.36 bits per heavy atom. The number of halogens is 1.